The van der Waals surface area contributed by atoms with Gasteiger partial charge in [-0.15, -0.1) is 11.3 Å². The molecule has 4 aromatic rings. The number of benzene rings is 2. The molecule has 0 amide bonds. The first-order valence-electron chi connectivity index (χ1n) is 7.29. The zero-order chi connectivity index (χ0) is 15.6. The fourth-order valence-corrected chi connectivity index (χ4v) is 3.93. The molecular weight excluding hydrogens is 300 g/mol. The van der Waals surface area contributed by atoms with Crippen molar-refractivity contribution < 1.29 is 0 Å². The molecule has 0 aliphatic heterocycles. The van der Waals surface area contributed by atoms with Gasteiger partial charge in [-0.25, -0.2) is 0 Å². The van der Waals surface area contributed by atoms with Crippen LogP contribution in [0.1, 0.15) is 5.56 Å². The molecule has 0 fully saturated rings. The first kappa shape index (κ1) is 13.7. The van der Waals surface area contributed by atoms with E-state index < -0.39 is 0 Å². The van der Waals surface area contributed by atoms with E-state index >= 15 is 0 Å². The highest BCUT2D eigenvalue weighted by Crippen LogP contribution is 2.44. The molecule has 0 aliphatic carbocycles. The molecular formula is C20H12N2S. The number of thiophene rings is 1. The molecule has 0 atom stereocenters. The van der Waals surface area contributed by atoms with Gasteiger partial charge >= 0.3 is 0 Å². The maximum Gasteiger partial charge on any atom is 0.0991 e. The highest BCUT2D eigenvalue weighted by Gasteiger charge is 2.15. The van der Waals surface area contributed by atoms with Gasteiger partial charge in [0.05, 0.1) is 11.6 Å². The molecule has 2 aromatic heterocycles. The van der Waals surface area contributed by atoms with Crippen LogP contribution in [0, 0.1) is 11.3 Å². The van der Waals surface area contributed by atoms with Crippen LogP contribution in [-0.4, -0.2) is 4.98 Å². The molecule has 0 N–H and O–H groups in total. The molecule has 4 rings (SSSR count). The Kier molecular flexibility index (Phi) is 3.38. The molecule has 0 aliphatic rings. The van der Waals surface area contributed by atoms with Gasteiger partial charge in [0.15, 0.2) is 0 Å². The lowest BCUT2D eigenvalue weighted by molar-refractivity contribution is 1.37. The number of hydrogen-bond acceptors (Lipinski definition) is 3. The van der Waals surface area contributed by atoms with Crippen molar-refractivity contribution in [2.75, 3.05) is 0 Å². The third-order valence-corrected chi connectivity index (χ3v) is 5.05. The average Bonchev–Trinajstić information content (AvgIpc) is 3.02. The number of hydrogen-bond donors (Lipinski definition) is 0. The number of pyridine rings is 1. The Morgan fingerprint density at radius 1 is 0.870 bits per heavy atom. The summed E-state index contributed by atoms with van der Waals surface area (Å²) in [6, 6.07) is 22.4. The lowest BCUT2D eigenvalue weighted by Gasteiger charge is -2.05. The predicted octanol–water partition coefficient (Wildman–Crippen LogP) is 5.50. The fourth-order valence-electron chi connectivity index (χ4n) is 2.73. The Hall–Kier alpha value is -2.96. The normalized spacial score (nSPS) is 10.6. The van der Waals surface area contributed by atoms with Crippen LogP contribution in [0.15, 0.2) is 73.1 Å². The SMILES string of the molecule is N#Cc1ccc(-c2sc3ccncc3c2-c2ccccc2)cc1. The van der Waals surface area contributed by atoms with Crippen molar-refractivity contribution in [1.29, 1.82) is 5.26 Å². The number of rotatable bonds is 2. The Labute approximate surface area is 138 Å². The molecule has 0 saturated carbocycles. The Morgan fingerprint density at radius 3 is 2.39 bits per heavy atom. The van der Waals surface area contributed by atoms with Crippen LogP contribution < -0.4 is 0 Å². The second kappa shape index (κ2) is 5.68. The molecule has 0 spiro atoms. The first-order chi connectivity index (χ1) is 11.4. The van der Waals surface area contributed by atoms with Crippen molar-refractivity contribution in [3.63, 3.8) is 0 Å². The number of nitrogens with zero attached hydrogens (tertiary/aromatic N) is 2. The van der Waals surface area contributed by atoms with Crippen molar-refractivity contribution in [1.82, 2.24) is 4.98 Å². The van der Waals surface area contributed by atoms with Gasteiger partial charge in [0.2, 0.25) is 0 Å². The van der Waals surface area contributed by atoms with Gasteiger partial charge < -0.3 is 0 Å². The zero-order valence-electron chi connectivity index (χ0n) is 12.2. The van der Waals surface area contributed by atoms with Crippen molar-refractivity contribution in [2.45, 2.75) is 0 Å². The summed E-state index contributed by atoms with van der Waals surface area (Å²) in [5.74, 6) is 0. The van der Waals surface area contributed by atoms with E-state index in [1.807, 2.05) is 42.7 Å². The molecule has 2 heterocycles. The van der Waals surface area contributed by atoms with Crippen LogP contribution in [0.2, 0.25) is 0 Å². The summed E-state index contributed by atoms with van der Waals surface area (Å²) >= 11 is 1.76. The van der Waals surface area contributed by atoms with Gasteiger partial charge in [-0.3, -0.25) is 4.98 Å². The largest absolute Gasteiger partial charge is 0.264 e. The van der Waals surface area contributed by atoms with Gasteiger partial charge in [-0.2, -0.15) is 5.26 Å². The second-order valence-corrected chi connectivity index (χ2v) is 6.29. The summed E-state index contributed by atoms with van der Waals surface area (Å²) in [7, 11) is 0. The summed E-state index contributed by atoms with van der Waals surface area (Å²) in [5, 5.41) is 10.2. The molecule has 23 heavy (non-hydrogen) atoms. The van der Waals surface area contributed by atoms with E-state index in [1.54, 1.807) is 11.3 Å². The lowest BCUT2D eigenvalue weighted by atomic mass is 9.99. The summed E-state index contributed by atoms with van der Waals surface area (Å²) < 4.78 is 1.22. The van der Waals surface area contributed by atoms with Gasteiger partial charge in [0.25, 0.3) is 0 Å². The fraction of sp³-hybridized carbons (Fsp3) is 0. The summed E-state index contributed by atoms with van der Waals surface area (Å²) in [6.45, 7) is 0. The topological polar surface area (TPSA) is 36.7 Å². The number of aromatic nitrogens is 1. The minimum atomic E-state index is 0.679. The third kappa shape index (κ3) is 2.40. The van der Waals surface area contributed by atoms with E-state index in [2.05, 4.69) is 41.4 Å². The van der Waals surface area contributed by atoms with Crippen LogP contribution >= 0.6 is 11.3 Å². The smallest absolute Gasteiger partial charge is 0.0991 e. The maximum absolute atomic E-state index is 8.99. The molecule has 0 bridgehead atoms. The van der Waals surface area contributed by atoms with Gasteiger partial charge in [0, 0.05) is 32.9 Å². The zero-order valence-corrected chi connectivity index (χ0v) is 13.0. The maximum atomic E-state index is 8.99. The molecule has 3 heteroatoms. The second-order valence-electron chi connectivity index (χ2n) is 5.23. The molecule has 0 unspecified atom stereocenters. The molecule has 2 nitrogen and oxygen atoms in total. The van der Waals surface area contributed by atoms with E-state index in [0.717, 1.165) is 5.56 Å². The van der Waals surface area contributed by atoms with Crippen molar-refractivity contribution >= 4 is 21.4 Å². The van der Waals surface area contributed by atoms with Crippen LogP contribution in [-0.2, 0) is 0 Å². The summed E-state index contributed by atoms with van der Waals surface area (Å²) in [6.07, 6.45) is 3.76. The minimum Gasteiger partial charge on any atom is -0.264 e. The lowest BCUT2D eigenvalue weighted by Crippen LogP contribution is -1.81. The van der Waals surface area contributed by atoms with Crippen molar-refractivity contribution in [3.8, 4) is 27.6 Å². The molecule has 0 radical (unpaired) electrons. The minimum absolute atomic E-state index is 0.679. The average molecular weight is 312 g/mol. The van der Waals surface area contributed by atoms with Crippen molar-refractivity contribution in [3.05, 3.63) is 78.6 Å². The van der Waals surface area contributed by atoms with E-state index in [-0.39, 0.29) is 0 Å². The van der Waals surface area contributed by atoms with Crippen molar-refractivity contribution in [2.24, 2.45) is 0 Å². The third-order valence-electron chi connectivity index (χ3n) is 3.83. The van der Waals surface area contributed by atoms with Gasteiger partial charge in [0.1, 0.15) is 0 Å². The quantitative estimate of drug-likeness (QED) is 0.490. The Balaban J connectivity index is 2.00. The number of fused-ring (bicyclic) bond motifs is 1. The van der Waals surface area contributed by atoms with Gasteiger partial charge in [-0.1, -0.05) is 42.5 Å². The van der Waals surface area contributed by atoms with Crippen LogP contribution in [0.3, 0.4) is 0 Å². The van der Waals surface area contributed by atoms with E-state index in [0.29, 0.717) is 5.56 Å². The van der Waals surface area contributed by atoms with Gasteiger partial charge in [-0.05, 0) is 29.3 Å². The van der Waals surface area contributed by atoms with Crippen LogP contribution in [0.25, 0.3) is 31.7 Å². The Bertz CT molecular complexity index is 1010. The summed E-state index contributed by atoms with van der Waals surface area (Å²) in [5.41, 5.74) is 4.20. The highest BCUT2D eigenvalue weighted by molar-refractivity contribution is 7.23. The predicted molar refractivity (Wildman–Crippen MR) is 95.2 cm³/mol. The summed E-state index contributed by atoms with van der Waals surface area (Å²) in [4.78, 5) is 5.51. The number of nitriles is 1. The first-order valence-corrected chi connectivity index (χ1v) is 8.11. The molecule has 108 valence electrons. The Morgan fingerprint density at radius 2 is 1.65 bits per heavy atom. The van der Waals surface area contributed by atoms with E-state index in [1.165, 1.54) is 26.1 Å². The molecule has 0 saturated heterocycles. The van der Waals surface area contributed by atoms with E-state index in [9.17, 15) is 0 Å². The highest BCUT2D eigenvalue weighted by atomic mass is 32.1. The van der Waals surface area contributed by atoms with Crippen LogP contribution in [0.4, 0.5) is 0 Å². The standard InChI is InChI=1S/C20H12N2S/c21-12-14-6-8-16(9-7-14)20-19(15-4-2-1-3-5-15)17-13-22-11-10-18(17)23-20/h1-11,13H. The molecule has 2 aromatic carbocycles. The van der Waals surface area contributed by atoms with E-state index in [4.69, 9.17) is 5.26 Å². The van der Waals surface area contributed by atoms with Crippen LogP contribution in [0.5, 0.6) is 0 Å². The monoisotopic (exact) mass is 312 g/mol.